The third-order valence-electron chi connectivity index (χ3n) is 6.07. The van der Waals surface area contributed by atoms with Crippen molar-refractivity contribution in [1.29, 1.82) is 0 Å². The van der Waals surface area contributed by atoms with Crippen molar-refractivity contribution in [1.82, 2.24) is 0 Å². The second-order valence-corrected chi connectivity index (χ2v) is 8.39. The highest BCUT2D eigenvalue weighted by Crippen LogP contribution is 2.33. The number of carbonyl (C=O) groups excluding carboxylic acids is 1. The third-order valence-corrected chi connectivity index (χ3v) is 6.37. The van der Waals surface area contributed by atoms with Gasteiger partial charge in [-0.05, 0) is 48.9 Å². The van der Waals surface area contributed by atoms with Crippen LogP contribution in [0.15, 0.2) is 36.4 Å². The Morgan fingerprint density at radius 1 is 1.20 bits per heavy atom. The summed E-state index contributed by atoms with van der Waals surface area (Å²) in [5.41, 5.74) is 3.76. The van der Waals surface area contributed by atoms with Crippen LogP contribution in [0.3, 0.4) is 0 Å². The SMILES string of the molecule is O=C(Nc1cccc2c1C[C@H](O)CC2)C1CCN(c2ccc([N+](=O)[O-])cc2Cl)CC1. The van der Waals surface area contributed by atoms with Crippen LogP contribution < -0.4 is 10.2 Å². The number of nitro benzene ring substituents is 1. The first-order valence-electron chi connectivity index (χ1n) is 10.2. The Hall–Kier alpha value is -2.64. The molecule has 2 aromatic carbocycles. The monoisotopic (exact) mass is 429 g/mol. The van der Waals surface area contributed by atoms with Gasteiger partial charge in [0.1, 0.15) is 0 Å². The van der Waals surface area contributed by atoms with Crippen molar-refractivity contribution in [2.75, 3.05) is 23.3 Å². The van der Waals surface area contributed by atoms with Gasteiger partial charge in [-0.15, -0.1) is 0 Å². The molecule has 0 saturated carbocycles. The Morgan fingerprint density at radius 3 is 2.67 bits per heavy atom. The van der Waals surface area contributed by atoms with Crippen LogP contribution >= 0.6 is 11.6 Å². The molecule has 1 amide bonds. The smallest absolute Gasteiger partial charge is 0.271 e. The number of amides is 1. The average molecular weight is 430 g/mol. The van der Waals surface area contributed by atoms with Gasteiger partial charge in [0.15, 0.2) is 0 Å². The summed E-state index contributed by atoms with van der Waals surface area (Å²) in [6.07, 6.45) is 3.16. The van der Waals surface area contributed by atoms with Crippen LogP contribution in [-0.2, 0) is 17.6 Å². The summed E-state index contributed by atoms with van der Waals surface area (Å²) in [4.78, 5) is 25.4. The molecule has 1 heterocycles. The van der Waals surface area contributed by atoms with Gasteiger partial charge in [0.25, 0.3) is 5.69 Å². The zero-order valence-corrected chi connectivity index (χ0v) is 17.3. The van der Waals surface area contributed by atoms with Crippen LogP contribution in [0.4, 0.5) is 17.1 Å². The van der Waals surface area contributed by atoms with Crippen LogP contribution in [0.25, 0.3) is 0 Å². The van der Waals surface area contributed by atoms with E-state index in [1.54, 1.807) is 6.07 Å². The normalized spacial score (nSPS) is 19.3. The summed E-state index contributed by atoms with van der Waals surface area (Å²) in [6, 6.07) is 10.4. The number of halogens is 1. The fourth-order valence-corrected chi connectivity index (χ4v) is 4.66. The second kappa shape index (κ2) is 8.62. The molecule has 1 saturated heterocycles. The van der Waals surface area contributed by atoms with Crippen molar-refractivity contribution in [3.63, 3.8) is 0 Å². The first-order chi connectivity index (χ1) is 14.4. The van der Waals surface area contributed by atoms with E-state index in [0.29, 0.717) is 37.4 Å². The van der Waals surface area contributed by atoms with E-state index in [1.807, 2.05) is 12.1 Å². The van der Waals surface area contributed by atoms with Gasteiger partial charge < -0.3 is 15.3 Å². The molecule has 1 aliphatic heterocycles. The summed E-state index contributed by atoms with van der Waals surface area (Å²) in [6.45, 7) is 1.31. The Kier molecular flexibility index (Phi) is 5.92. The zero-order chi connectivity index (χ0) is 21.3. The highest BCUT2D eigenvalue weighted by atomic mass is 35.5. The maximum Gasteiger partial charge on any atom is 0.271 e. The first-order valence-corrected chi connectivity index (χ1v) is 10.6. The van der Waals surface area contributed by atoms with Crippen molar-refractivity contribution in [2.24, 2.45) is 5.92 Å². The molecule has 0 radical (unpaired) electrons. The topological polar surface area (TPSA) is 95.7 Å². The summed E-state index contributed by atoms with van der Waals surface area (Å²) in [5, 5.41) is 24.3. The van der Waals surface area contributed by atoms with Crippen molar-refractivity contribution < 1.29 is 14.8 Å². The van der Waals surface area contributed by atoms with E-state index < -0.39 is 4.92 Å². The van der Waals surface area contributed by atoms with Gasteiger partial charge in [0.05, 0.1) is 21.7 Å². The van der Waals surface area contributed by atoms with Gasteiger partial charge in [0, 0.05) is 43.2 Å². The highest BCUT2D eigenvalue weighted by molar-refractivity contribution is 6.33. The zero-order valence-electron chi connectivity index (χ0n) is 16.5. The van der Waals surface area contributed by atoms with Gasteiger partial charge in [-0.1, -0.05) is 23.7 Å². The molecule has 30 heavy (non-hydrogen) atoms. The number of aryl methyl sites for hydroxylation is 1. The van der Waals surface area contributed by atoms with E-state index in [2.05, 4.69) is 16.3 Å². The van der Waals surface area contributed by atoms with Crippen molar-refractivity contribution in [3.8, 4) is 0 Å². The Balaban J connectivity index is 1.39. The number of rotatable bonds is 4. The van der Waals surface area contributed by atoms with Crippen LogP contribution in [-0.4, -0.2) is 35.1 Å². The van der Waals surface area contributed by atoms with E-state index in [0.717, 1.165) is 29.8 Å². The molecule has 1 fully saturated rings. The number of nitrogens with one attached hydrogen (secondary N) is 1. The maximum atomic E-state index is 12.9. The lowest BCUT2D eigenvalue weighted by atomic mass is 9.88. The molecule has 0 spiro atoms. The number of aliphatic hydroxyl groups excluding tert-OH is 1. The minimum absolute atomic E-state index is 0.00194. The Labute approximate surface area is 179 Å². The van der Waals surface area contributed by atoms with Crippen LogP contribution in [0.1, 0.15) is 30.4 Å². The number of benzene rings is 2. The minimum Gasteiger partial charge on any atom is -0.393 e. The number of piperidine rings is 1. The van der Waals surface area contributed by atoms with Crippen molar-refractivity contribution >= 4 is 34.6 Å². The molecule has 8 heteroatoms. The standard InChI is InChI=1S/C22H24ClN3O4/c23-19-12-16(26(29)30)5-7-21(19)25-10-8-15(9-11-25)22(28)24-20-3-1-2-14-4-6-17(27)13-18(14)20/h1-3,5,7,12,15,17,27H,4,6,8-11,13H2,(H,24,28)/t17-/m1/s1. The van der Waals surface area contributed by atoms with Gasteiger partial charge >= 0.3 is 0 Å². The molecule has 158 valence electrons. The molecule has 0 aromatic heterocycles. The van der Waals surface area contributed by atoms with Gasteiger partial charge in [-0.2, -0.15) is 0 Å². The number of carbonyl (C=O) groups is 1. The summed E-state index contributed by atoms with van der Waals surface area (Å²) >= 11 is 6.25. The number of anilines is 2. The lowest BCUT2D eigenvalue weighted by Crippen LogP contribution is -2.38. The number of hydrogen-bond donors (Lipinski definition) is 2. The molecule has 1 atom stereocenters. The van der Waals surface area contributed by atoms with Crippen molar-refractivity contribution in [2.45, 2.75) is 38.2 Å². The lowest BCUT2D eigenvalue weighted by molar-refractivity contribution is -0.384. The number of fused-ring (bicyclic) bond motifs is 1. The fourth-order valence-electron chi connectivity index (χ4n) is 4.37. The first kappa shape index (κ1) is 20.6. The maximum absolute atomic E-state index is 12.9. The minimum atomic E-state index is -0.465. The van der Waals surface area contributed by atoms with E-state index in [1.165, 1.54) is 17.7 Å². The van der Waals surface area contributed by atoms with Crippen molar-refractivity contribution in [3.05, 3.63) is 62.7 Å². The molecule has 2 aromatic rings. The quantitative estimate of drug-likeness (QED) is 0.566. The predicted molar refractivity (Wildman–Crippen MR) is 116 cm³/mol. The van der Waals surface area contributed by atoms with E-state index in [-0.39, 0.29) is 23.6 Å². The Morgan fingerprint density at radius 2 is 1.97 bits per heavy atom. The summed E-state index contributed by atoms with van der Waals surface area (Å²) in [5.74, 6) is -0.111. The summed E-state index contributed by atoms with van der Waals surface area (Å²) < 4.78 is 0. The van der Waals surface area contributed by atoms with E-state index in [4.69, 9.17) is 11.6 Å². The second-order valence-electron chi connectivity index (χ2n) is 7.98. The Bertz CT molecular complexity index is 973. The molecular weight excluding hydrogens is 406 g/mol. The summed E-state index contributed by atoms with van der Waals surface area (Å²) in [7, 11) is 0. The number of non-ortho nitro benzene ring substituents is 1. The molecule has 4 rings (SSSR count). The number of aliphatic hydroxyl groups is 1. The highest BCUT2D eigenvalue weighted by Gasteiger charge is 2.28. The number of nitro groups is 1. The number of hydrogen-bond acceptors (Lipinski definition) is 5. The average Bonchev–Trinajstić information content (AvgIpc) is 2.74. The van der Waals surface area contributed by atoms with E-state index >= 15 is 0 Å². The molecule has 0 bridgehead atoms. The molecule has 7 nitrogen and oxygen atoms in total. The molecule has 2 N–H and O–H groups in total. The molecular formula is C22H24ClN3O4. The molecule has 1 aliphatic carbocycles. The third kappa shape index (κ3) is 4.27. The number of nitrogens with zero attached hydrogens (tertiary/aromatic N) is 2. The lowest BCUT2D eigenvalue weighted by Gasteiger charge is -2.33. The van der Waals surface area contributed by atoms with Crippen LogP contribution in [0.5, 0.6) is 0 Å². The van der Waals surface area contributed by atoms with Gasteiger partial charge in [-0.3, -0.25) is 14.9 Å². The largest absolute Gasteiger partial charge is 0.393 e. The fraction of sp³-hybridized carbons (Fsp3) is 0.409. The van der Waals surface area contributed by atoms with E-state index in [9.17, 15) is 20.0 Å². The molecule has 0 unspecified atom stereocenters. The van der Waals surface area contributed by atoms with Gasteiger partial charge in [-0.25, -0.2) is 0 Å². The van der Waals surface area contributed by atoms with Crippen LogP contribution in [0.2, 0.25) is 5.02 Å². The van der Waals surface area contributed by atoms with Gasteiger partial charge in [0.2, 0.25) is 5.91 Å². The molecule has 2 aliphatic rings. The predicted octanol–water partition coefficient (Wildman–Crippen LogP) is 3.95. The van der Waals surface area contributed by atoms with Crippen LogP contribution in [0, 0.1) is 16.0 Å².